The predicted octanol–water partition coefficient (Wildman–Crippen LogP) is 6.52. The summed E-state index contributed by atoms with van der Waals surface area (Å²) in [7, 11) is 2.00. The first-order valence-electron chi connectivity index (χ1n) is 11.4. The van der Waals surface area contributed by atoms with Gasteiger partial charge in [-0.1, -0.05) is 36.4 Å². The second-order valence-electron chi connectivity index (χ2n) is 8.89. The van der Waals surface area contributed by atoms with Gasteiger partial charge >= 0.3 is 0 Å². The fraction of sp³-hybridized carbons (Fsp3) is 0.103. The Morgan fingerprint density at radius 2 is 1.65 bits per heavy atom. The molecule has 0 radical (unpaired) electrons. The maximum Gasteiger partial charge on any atom is 0.140 e. The van der Waals surface area contributed by atoms with E-state index >= 15 is 0 Å². The zero-order valence-electron chi connectivity index (χ0n) is 18.6. The van der Waals surface area contributed by atoms with Gasteiger partial charge in [0.25, 0.3) is 0 Å². The van der Waals surface area contributed by atoms with E-state index in [1.807, 2.05) is 60.3 Å². The van der Waals surface area contributed by atoms with Gasteiger partial charge < -0.3 is 14.1 Å². The fourth-order valence-electron chi connectivity index (χ4n) is 5.11. The summed E-state index contributed by atoms with van der Waals surface area (Å²) in [5.74, 6) is 1.15. The number of nitrogens with zero attached hydrogens (tertiary/aromatic N) is 3. The lowest BCUT2D eigenvalue weighted by Crippen LogP contribution is -2.06. The minimum atomic E-state index is 0.283. The van der Waals surface area contributed by atoms with Gasteiger partial charge in [-0.05, 0) is 60.4 Å². The van der Waals surface area contributed by atoms with Gasteiger partial charge in [-0.15, -0.1) is 0 Å². The Morgan fingerprint density at radius 1 is 0.794 bits per heavy atom. The van der Waals surface area contributed by atoms with Gasteiger partial charge in [-0.3, -0.25) is 0 Å². The number of hydrogen-bond donors (Lipinski definition) is 1. The lowest BCUT2D eigenvalue weighted by Gasteiger charge is -2.20. The number of phenols is 1. The maximum atomic E-state index is 10.5. The summed E-state index contributed by atoms with van der Waals surface area (Å²) >= 11 is 0. The third-order valence-corrected chi connectivity index (χ3v) is 6.78. The van der Waals surface area contributed by atoms with Crippen molar-refractivity contribution < 1.29 is 9.52 Å². The molecule has 5 heteroatoms. The molecule has 0 spiro atoms. The standard InChI is InChI=1S/C29H21N3O2/c1-32-16-23(22-13-11-18-10-9-17-5-4-7-24(33)27(17)28(18)30-22)31-29(32)19-12-14-26-21(15-19)20-6-2-3-8-25(20)34-26/h2-8,11-16,33H,9-10H2,1H3. The Bertz CT molecular complexity index is 1740. The van der Waals surface area contributed by atoms with E-state index < -0.39 is 0 Å². The molecule has 3 aromatic carbocycles. The van der Waals surface area contributed by atoms with Crippen LogP contribution in [0.15, 0.2) is 83.4 Å². The van der Waals surface area contributed by atoms with Crippen LogP contribution in [0.5, 0.6) is 5.75 Å². The van der Waals surface area contributed by atoms with E-state index in [9.17, 15) is 5.11 Å². The third-order valence-electron chi connectivity index (χ3n) is 6.78. The number of furan rings is 1. The van der Waals surface area contributed by atoms with Crippen molar-refractivity contribution in [1.82, 2.24) is 14.5 Å². The number of aromatic nitrogens is 3. The van der Waals surface area contributed by atoms with Crippen LogP contribution in [0.4, 0.5) is 0 Å². The van der Waals surface area contributed by atoms with Gasteiger partial charge in [0.2, 0.25) is 0 Å². The first-order chi connectivity index (χ1) is 16.7. The zero-order valence-corrected chi connectivity index (χ0v) is 18.6. The molecule has 3 aromatic heterocycles. The van der Waals surface area contributed by atoms with Crippen LogP contribution in [0, 0.1) is 0 Å². The predicted molar refractivity (Wildman–Crippen MR) is 134 cm³/mol. The van der Waals surface area contributed by atoms with Crippen molar-refractivity contribution in [2.75, 3.05) is 0 Å². The van der Waals surface area contributed by atoms with E-state index in [4.69, 9.17) is 14.4 Å². The molecule has 34 heavy (non-hydrogen) atoms. The Morgan fingerprint density at radius 3 is 2.59 bits per heavy atom. The Labute approximate surface area is 196 Å². The lowest BCUT2D eigenvalue weighted by molar-refractivity contribution is 0.476. The normalized spacial score (nSPS) is 12.7. The summed E-state index contributed by atoms with van der Waals surface area (Å²) in [5.41, 5.74) is 8.38. The number of pyridine rings is 1. The van der Waals surface area contributed by atoms with Gasteiger partial charge in [0, 0.05) is 35.1 Å². The van der Waals surface area contributed by atoms with E-state index in [0.29, 0.717) is 0 Å². The molecule has 7 rings (SSSR count). The molecule has 1 N–H and O–H groups in total. The quantitative estimate of drug-likeness (QED) is 0.331. The summed E-state index contributed by atoms with van der Waals surface area (Å²) in [6, 6.07) is 24.1. The first-order valence-corrected chi connectivity index (χ1v) is 11.4. The van der Waals surface area contributed by atoms with Crippen LogP contribution in [0.25, 0.3) is 56.0 Å². The van der Waals surface area contributed by atoms with Crippen LogP contribution in [0.1, 0.15) is 11.1 Å². The van der Waals surface area contributed by atoms with Crippen molar-refractivity contribution in [2.24, 2.45) is 7.05 Å². The minimum absolute atomic E-state index is 0.283. The number of para-hydroxylation sites is 1. The summed E-state index contributed by atoms with van der Waals surface area (Å²) < 4.78 is 8.01. The van der Waals surface area contributed by atoms with Crippen molar-refractivity contribution in [2.45, 2.75) is 12.8 Å². The van der Waals surface area contributed by atoms with Crippen LogP contribution in [-0.4, -0.2) is 19.6 Å². The highest BCUT2D eigenvalue weighted by molar-refractivity contribution is 6.06. The van der Waals surface area contributed by atoms with E-state index in [0.717, 1.165) is 79.9 Å². The Hall–Kier alpha value is -4.38. The van der Waals surface area contributed by atoms with Crippen LogP contribution in [0.3, 0.4) is 0 Å². The highest BCUT2D eigenvalue weighted by Gasteiger charge is 2.22. The van der Waals surface area contributed by atoms with Crippen molar-refractivity contribution in [3.05, 3.63) is 90.1 Å². The van der Waals surface area contributed by atoms with Crippen LogP contribution in [0.2, 0.25) is 0 Å². The molecule has 0 atom stereocenters. The number of benzene rings is 3. The maximum absolute atomic E-state index is 10.5. The van der Waals surface area contributed by atoms with Crippen LogP contribution in [-0.2, 0) is 19.9 Å². The number of aromatic hydroxyl groups is 1. The molecular weight excluding hydrogens is 422 g/mol. The molecule has 0 fully saturated rings. The highest BCUT2D eigenvalue weighted by Crippen LogP contribution is 2.39. The average molecular weight is 444 g/mol. The molecule has 0 unspecified atom stereocenters. The second kappa shape index (κ2) is 7.06. The largest absolute Gasteiger partial charge is 0.507 e. The van der Waals surface area contributed by atoms with E-state index in [1.54, 1.807) is 6.07 Å². The summed E-state index contributed by atoms with van der Waals surface area (Å²) in [6.07, 6.45) is 3.85. The number of phenolic OH excluding ortho intramolecular Hbond substituents is 1. The minimum Gasteiger partial charge on any atom is -0.507 e. The van der Waals surface area contributed by atoms with Crippen LogP contribution < -0.4 is 0 Å². The molecule has 0 amide bonds. The smallest absolute Gasteiger partial charge is 0.140 e. The van der Waals surface area contributed by atoms with Crippen LogP contribution >= 0.6 is 0 Å². The number of imidazole rings is 1. The number of hydrogen-bond acceptors (Lipinski definition) is 4. The zero-order chi connectivity index (χ0) is 22.8. The number of fused-ring (bicyclic) bond motifs is 6. The molecule has 6 aromatic rings. The SMILES string of the molecule is Cn1cc(-c2ccc3c(n2)-c2c(O)cccc2CC3)nc1-c1ccc2oc3ccccc3c2c1. The van der Waals surface area contributed by atoms with Gasteiger partial charge in [-0.25, -0.2) is 9.97 Å². The Balaban J connectivity index is 1.34. The molecule has 5 nitrogen and oxygen atoms in total. The molecule has 164 valence electrons. The number of aryl methyl sites for hydroxylation is 3. The molecular formula is C29H21N3O2. The Kier molecular flexibility index (Phi) is 3.97. The van der Waals surface area contributed by atoms with E-state index in [1.165, 1.54) is 0 Å². The van der Waals surface area contributed by atoms with Crippen molar-refractivity contribution in [3.63, 3.8) is 0 Å². The van der Waals surface area contributed by atoms with E-state index in [2.05, 4.69) is 24.3 Å². The monoisotopic (exact) mass is 443 g/mol. The summed E-state index contributed by atoms with van der Waals surface area (Å²) in [6.45, 7) is 0. The van der Waals surface area contributed by atoms with E-state index in [-0.39, 0.29) is 5.75 Å². The van der Waals surface area contributed by atoms with Crippen molar-refractivity contribution in [3.8, 4) is 39.8 Å². The topological polar surface area (TPSA) is 64.1 Å². The molecule has 0 saturated heterocycles. The first kappa shape index (κ1) is 19.1. The molecule has 0 aliphatic heterocycles. The summed E-state index contributed by atoms with van der Waals surface area (Å²) in [5, 5.41) is 12.7. The van der Waals surface area contributed by atoms with Crippen molar-refractivity contribution in [1.29, 1.82) is 0 Å². The molecule has 0 saturated carbocycles. The molecule has 1 aliphatic carbocycles. The third kappa shape index (κ3) is 2.80. The van der Waals surface area contributed by atoms with Crippen molar-refractivity contribution >= 4 is 21.9 Å². The average Bonchev–Trinajstić information content (AvgIpc) is 3.43. The molecule has 0 bridgehead atoms. The fourth-order valence-corrected chi connectivity index (χ4v) is 5.11. The highest BCUT2D eigenvalue weighted by atomic mass is 16.3. The summed E-state index contributed by atoms with van der Waals surface area (Å²) in [4.78, 5) is 9.92. The molecule has 3 heterocycles. The second-order valence-corrected chi connectivity index (χ2v) is 8.89. The van der Waals surface area contributed by atoms with Gasteiger partial charge in [0.1, 0.15) is 28.4 Å². The number of rotatable bonds is 2. The molecule has 1 aliphatic rings. The van der Waals surface area contributed by atoms with Gasteiger partial charge in [-0.2, -0.15) is 0 Å². The lowest BCUT2D eigenvalue weighted by atomic mass is 9.88. The van der Waals surface area contributed by atoms with Gasteiger partial charge in [0.15, 0.2) is 0 Å². The van der Waals surface area contributed by atoms with Gasteiger partial charge in [0.05, 0.1) is 11.4 Å².